The average molecular weight is 230 g/mol. The Morgan fingerprint density at radius 1 is 1.06 bits per heavy atom. The number of hydrogen-bond donors (Lipinski definition) is 0. The standard InChI is InChI=1S/C15H18O2/c1-4-11-10-14(17-5-2)12-8-6-7-9-13(12)15(11)16-3/h6-10H,4-5H2,1-3H3. The Morgan fingerprint density at radius 3 is 2.35 bits per heavy atom. The van der Waals surface area contributed by atoms with Gasteiger partial charge in [0.25, 0.3) is 0 Å². The topological polar surface area (TPSA) is 18.5 Å². The molecule has 0 heterocycles. The van der Waals surface area contributed by atoms with Crippen molar-refractivity contribution < 1.29 is 9.47 Å². The Kier molecular flexibility index (Phi) is 3.52. The van der Waals surface area contributed by atoms with Crippen LogP contribution in [0.1, 0.15) is 19.4 Å². The van der Waals surface area contributed by atoms with Crippen LogP contribution in [-0.4, -0.2) is 13.7 Å². The van der Waals surface area contributed by atoms with Gasteiger partial charge in [-0.1, -0.05) is 31.2 Å². The molecule has 2 rings (SSSR count). The molecule has 0 unspecified atom stereocenters. The summed E-state index contributed by atoms with van der Waals surface area (Å²) in [4.78, 5) is 0. The Morgan fingerprint density at radius 2 is 1.76 bits per heavy atom. The molecular weight excluding hydrogens is 212 g/mol. The number of hydrogen-bond acceptors (Lipinski definition) is 2. The van der Waals surface area contributed by atoms with Gasteiger partial charge in [0.05, 0.1) is 13.7 Å². The SMILES string of the molecule is CCOc1cc(CC)c(OC)c2ccccc12. The third kappa shape index (κ3) is 2.07. The van der Waals surface area contributed by atoms with E-state index >= 15 is 0 Å². The zero-order valence-electron chi connectivity index (χ0n) is 10.6. The summed E-state index contributed by atoms with van der Waals surface area (Å²) >= 11 is 0. The molecule has 17 heavy (non-hydrogen) atoms. The summed E-state index contributed by atoms with van der Waals surface area (Å²) in [5.74, 6) is 1.91. The van der Waals surface area contributed by atoms with Crippen LogP contribution in [0.3, 0.4) is 0 Å². The minimum Gasteiger partial charge on any atom is -0.496 e. The maximum absolute atomic E-state index is 5.71. The molecule has 0 aliphatic rings. The molecule has 0 spiro atoms. The van der Waals surface area contributed by atoms with E-state index in [1.165, 1.54) is 5.56 Å². The normalized spacial score (nSPS) is 10.5. The van der Waals surface area contributed by atoms with Crippen molar-refractivity contribution in [1.29, 1.82) is 0 Å². The van der Waals surface area contributed by atoms with Crippen LogP contribution in [0.15, 0.2) is 30.3 Å². The average Bonchev–Trinajstić information content (AvgIpc) is 2.38. The van der Waals surface area contributed by atoms with Crippen LogP contribution in [0.25, 0.3) is 10.8 Å². The molecule has 0 saturated heterocycles. The van der Waals surface area contributed by atoms with Crippen molar-refractivity contribution in [3.63, 3.8) is 0 Å². The molecule has 0 N–H and O–H groups in total. The van der Waals surface area contributed by atoms with Crippen LogP contribution in [0.2, 0.25) is 0 Å². The number of rotatable bonds is 4. The van der Waals surface area contributed by atoms with Crippen LogP contribution in [0.5, 0.6) is 11.5 Å². The van der Waals surface area contributed by atoms with Gasteiger partial charge < -0.3 is 9.47 Å². The van der Waals surface area contributed by atoms with Crippen LogP contribution < -0.4 is 9.47 Å². The lowest BCUT2D eigenvalue weighted by Gasteiger charge is -2.14. The smallest absolute Gasteiger partial charge is 0.130 e. The predicted octanol–water partition coefficient (Wildman–Crippen LogP) is 3.81. The van der Waals surface area contributed by atoms with E-state index in [0.29, 0.717) is 6.61 Å². The van der Waals surface area contributed by atoms with Gasteiger partial charge in [0.2, 0.25) is 0 Å². The van der Waals surface area contributed by atoms with E-state index in [1.807, 2.05) is 19.1 Å². The van der Waals surface area contributed by atoms with Gasteiger partial charge in [-0.25, -0.2) is 0 Å². The van der Waals surface area contributed by atoms with E-state index in [-0.39, 0.29) is 0 Å². The number of benzene rings is 2. The molecule has 0 amide bonds. The van der Waals surface area contributed by atoms with Gasteiger partial charge >= 0.3 is 0 Å². The maximum Gasteiger partial charge on any atom is 0.130 e. The minimum absolute atomic E-state index is 0.680. The number of ether oxygens (including phenoxy) is 2. The first kappa shape index (κ1) is 11.8. The highest BCUT2D eigenvalue weighted by Crippen LogP contribution is 2.36. The van der Waals surface area contributed by atoms with E-state index in [0.717, 1.165) is 28.7 Å². The Hall–Kier alpha value is -1.70. The second-order valence-electron chi connectivity index (χ2n) is 3.90. The fraction of sp³-hybridized carbons (Fsp3) is 0.333. The second-order valence-corrected chi connectivity index (χ2v) is 3.90. The lowest BCUT2D eigenvalue weighted by molar-refractivity contribution is 0.343. The summed E-state index contributed by atoms with van der Waals surface area (Å²) in [7, 11) is 1.72. The van der Waals surface area contributed by atoms with Crippen LogP contribution in [-0.2, 0) is 6.42 Å². The van der Waals surface area contributed by atoms with E-state index in [4.69, 9.17) is 9.47 Å². The maximum atomic E-state index is 5.71. The van der Waals surface area contributed by atoms with Crippen molar-refractivity contribution in [1.82, 2.24) is 0 Å². The second kappa shape index (κ2) is 5.09. The number of methoxy groups -OCH3 is 1. The van der Waals surface area contributed by atoms with E-state index < -0.39 is 0 Å². The molecule has 0 aliphatic heterocycles. The van der Waals surface area contributed by atoms with Crippen molar-refractivity contribution in [2.45, 2.75) is 20.3 Å². The highest BCUT2D eigenvalue weighted by Gasteiger charge is 2.11. The summed E-state index contributed by atoms with van der Waals surface area (Å²) in [6, 6.07) is 10.3. The van der Waals surface area contributed by atoms with Crippen molar-refractivity contribution in [3.8, 4) is 11.5 Å². The first-order chi connectivity index (χ1) is 8.31. The molecule has 0 radical (unpaired) electrons. The van der Waals surface area contributed by atoms with Gasteiger partial charge in [-0.15, -0.1) is 0 Å². The van der Waals surface area contributed by atoms with Gasteiger partial charge in [0.1, 0.15) is 11.5 Å². The van der Waals surface area contributed by atoms with Gasteiger partial charge in [-0.05, 0) is 25.0 Å². The van der Waals surface area contributed by atoms with Crippen LogP contribution in [0.4, 0.5) is 0 Å². The lowest BCUT2D eigenvalue weighted by Crippen LogP contribution is -1.97. The van der Waals surface area contributed by atoms with E-state index in [1.54, 1.807) is 7.11 Å². The molecule has 2 heteroatoms. The Balaban J connectivity index is 2.75. The van der Waals surface area contributed by atoms with Crippen molar-refractivity contribution in [2.75, 3.05) is 13.7 Å². The summed E-state index contributed by atoms with van der Waals surface area (Å²) < 4.78 is 11.2. The largest absolute Gasteiger partial charge is 0.496 e. The molecule has 0 fully saturated rings. The number of fused-ring (bicyclic) bond motifs is 1. The monoisotopic (exact) mass is 230 g/mol. The Bertz CT molecular complexity index is 518. The molecule has 0 atom stereocenters. The van der Waals surface area contributed by atoms with E-state index in [2.05, 4.69) is 25.1 Å². The molecule has 2 aromatic rings. The zero-order chi connectivity index (χ0) is 12.3. The highest BCUT2D eigenvalue weighted by atomic mass is 16.5. The summed E-state index contributed by atoms with van der Waals surface area (Å²) in [5, 5.41) is 2.24. The number of aryl methyl sites for hydroxylation is 1. The van der Waals surface area contributed by atoms with Crippen molar-refractivity contribution in [3.05, 3.63) is 35.9 Å². The Labute approximate surface area is 102 Å². The predicted molar refractivity (Wildman–Crippen MR) is 71.0 cm³/mol. The molecule has 2 nitrogen and oxygen atoms in total. The van der Waals surface area contributed by atoms with Crippen LogP contribution >= 0.6 is 0 Å². The molecule has 0 bridgehead atoms. The minimum atomic E-state index is 0.680. The van der Waals surface area contributed by atoms with Gasteiger partial charge in [-0.3, -0.25) is 0 Å². The van der Waals surface area contributed by atoms with Crippen molar-refractivity contribution >= 4 is 10.8 Å². The van der Waals surface area contributed by atoms with Gasteiger partial charge in [-0.2, -0.15) is 0 Å². The molecular formula is C15H18O2. The molecule has 2 aromatic carbocycles. The first-order valence-electron chi connectivity index (χ1n) is 6.03. The first-order valence-corrected chi connectivity index (χ1v) is 6.03. The van der Waals surface area contributed by atoms with Gasteiger partial charge in [0, 0.05) is 10.8 Å². The summed E-state index contributed by atoms with van der Waals surface area (Å²) in [5.41, 5.74) is 1.19. The zero-order valence-corrected chi connectivity index (χ0v) is 10.6. The molecule has 0 aromatic heterocycles. The molecule has 90 valence electrons. The highest BCUT2D eigenvalue weighted by molar-refractivity contribution is 5.94. The fourth-order valence-electron chi connectivity index (χ4n) is 2.15. The van der Waals surface area contributed by atoms with Gasteiger partial charge in [0.15, 0.2) is 0 Å². The molecule has 0 saturated carbocycles. The fourth-order valence-corrected chi connectivity index (χ4v) is 2.15. The van der Waals surface area contributed by atoms with Crippen molar-refractivity contribution in [2.24, 2.45) is 0 Å². The van der Waals surface area contributed by atoms with E-state index in [9.17, 15) is 0 Å². The third-order valence-electron chi connectivity index (χ3n) is 2.92. The lowest BCUT2D eigenvalue weighted by atomic mass is 10.0. The summed E-state index contributed by atoms with van der Waals surface area (Å²) in [6.07, 6.45) is 0.939. The third-order valence-corrected chi connectivity index (χ3v) is 2.92. The molecule has 0 aliphatic carbocycles. The summed E-state index contributed by atoms with van der Waals surface area (Å²) in [6.45, 7) is 4.81. The quantitative estimate of drug-likeness (QED) is 0.795. The van der Waals surface area contributed by atoms with Crippen LogP contribution in [0, 0.1) is 0 Å².